The molecule has 0 bridgehead atoms. The smallest absolute Gasteiger partial charge is 0.273 e. The van der Waals surface area contributed by atoms with Crippen LogP contribution in [0.5, 0.6) is 0 Å². The minimum atomic E-state index is 0.132. The summed E-state index contributed by atoms with van der Waals surface area (Å²) in [5.41, 5.74) is 0.653. The highest BCUT2D eigenvalue weighted by molar-refractivity contribution is 7.09. The number of hydrogen-bond donors (Lipinski definition) is 1. The molecule has 1 atom stereocenters. The van der Waals surface area contributed by atoms with Gasteiger partial charge in [-0.15, -0.1) is 11.3 Å². The fourth-order valence-electron chi connectivity index (χ4n) is 4.32. The lowest BCUT2D eigenvalue weighted by Crippen LogP contribution is -2.48. The van der Waals surface area contributed by atoms with Gasteiger partial charge in [0.05, 0.1) is 6.04 Å². The van der Waals surface area contributed by atoms with Gasteiger partial charge >= 0.3 is 0 Å². The molecule has 0 radical (unpaired) electrons. The van der Waals surface area contributed by atoms with E-state index in [0.29, 0.717) is 17.8 Å². The van der Waals surface area contributed by atoms with Crippen molar-refractivity contribution in [1.29, 1.82) is 0 Å². The Kier molecular flexibility index (Phi) is 5.15. The summed E-state index contributed by atoms with van der Waals surface area (Å²) in [5, 5.41) is 6.50. The first-order chi connectivity index (χ1) is 11.8. The number of piperidine rings is 2. The van der Waals surface area contributed by atoms with Crippen molar-refractivity contribution in [2.45, 2.75) is 57.0 Å². The molecule has 1 aromatic rings. The summed E-state index contributed by atoms with van der Waals surface area (Å²) in [7, 11) is 0. The predicted octanol–water partition coefficient (Wildman–Crippen LogP) is 2.66. The molecule has 4 heterocycles. The number of amides is 1. The first-order valence-corrected chi connectivity index (χ1v) is 10.4. The van der Waals surface area contributed by atoms with E-state index >= 15 is 0 Å². The van der Waals surface area contributed by atoms with Crippen molar-refractivity contribution in [3.8, 4) is 0 Å². The van der Waals surface area contributed by atoms with Gasteiger partial charge in [0, 0.05) is 24.5 Å². The molecule has 5 nitrogen and oxygen atoms in total. The van der Waals surface area contributed by atoms with Crippen molar-refractivity contribution >= 4 is 17.2 Å². The van der Waals surface area contributed by atoms with Crippen molar-refractivity contribution in [1.82, 2.24) is 20.1 Å². The van der Waals surface area contributed by atoms with Crippen LogP contribution < -0.4 is 5.32 Å². The van der Waals surface area contributed by atoms with Gasteiger partial charge in [0.15, 0.2) is 0 Å². The maximum Gasteiger partial charge on any atom is 0.273 e. The van der Waals surface area contributed by atoms with E-state index < -0.39 is 0 Å². The second kappa shape index (κ2) is 7.50. The average molecular weight is 349 g/mol. The Labute approximate surface area is 148 Å². The van der Waals surface area contributed by atoms with Crippen LogP contribution >= 0.6 is 11.3 Å². The molecule has 0 aromatic carbocycles. The van der Waals surface area contributed by atoms with Crippen molar-refractivity contribution in [3.05, 3.63) is 16.1 Å². The van der Waals surface area contributed by atoms with E-state index in [0.717, 1.165) is 43.9 Å². The van der Waals surface area contributed by atoms with E-state index in [1.54, 1.807) is 11.3 Å². The third-order valence-corrected chi connectivity index (χ3v) is 6.72. The molecule has 4 rings (SSSR count). The van der Waals surface area contributed by atoms with Gasteiger partial charge in [-0.1, -0.05) is 6.42 Å². The molecule has 3 aliphatic rings. The molecule has 6 heteroatoms. The molecule has 1 aromatic heterocycles. The number of aromatic nitrogens is 1. The minimum absolute atomic E-state index is 0.132. The van der Waals surface area contributed by atoms with Crippen LogP contribution in [0.4, 0.5) is 0 Å². The predicted molar refractivity (Wildman–Crippen MR) is 96.4 cm³/mol. The molecule has 3 fully saturated rings. The molecule has 132 valence electrons. The number of hydrogen-bond acceptors (Lipinski definition) is 5. The van der Waals surface area contributed by atoms with E-state index in [1.807, 2.05) is 10.3 Å². The molecule has 1 N–H and O–H groups in total. The van der Waals surface area contributed by atoms with Crippen LogP contribution in [0.3, 0.4) is 0 Å². The molecule has 24 heavy (non-hydrogen) atoms. The molecular formula is C18H28N4OS. The van der Waals surface area contributed by atoms with Gasteiger partial charge in [-0.3, -0.25) is 4.79 Å². The van der Waals surface area contributed by atoms with Gasteiger partial charge in [-0.25, -0.2) is 4.98 Å². The molecule has 1 amide bonds. The largest absolute Gasteiger partial charge is 0.337 e. The SMILES string of the molecule is O=C(c1csc(C2CCCN2)n1)N1CCC(N2CCCCC2)CC1. The number of rotatable bonds is 3. The highest BCUT2D eigenvalue weighted by atomic mass is 32.1. The summed E-state index contributed by atoms with van der Waals surface area (Å²) < 4.78 is 0. The highest BCUT2D eigenvalue weighted by Gasteiger charge is 2.29. The van der Waals surface area contributed by atoms with Crippen LogP contribution in [0.15, 0.2) is 5.38 Å². The van der Waals surface area contributed by atoms with Crippen molar-refractivity contribution in [2.75, 3.05) is 32.7 Å². The molecule has 0 spiro atoms. The van der Waals surface area contributed by atoms with Crippen LogP contribution in [0.2, 0.25) is 0 Å². The molecule has 1 unspecified atom stereocenters. The van der Waals surface area contributed by atoms with Crippen LogP contribution in [0, 0.1) is 0 Å². The molecule has 3 saturated heterocycles. The molecule has 0 aliphatic carbocycles. The first kappa shape index (κ1) is 16.5. The fraction of sp³-hybridized carbons (Fsp3) is 0.778. The highest BCUT2D eigenvalue weighted by Crippen LogP contribution is 2.27. The third kappa shape index (κ3) is 3.51. The minimum Gasteiger partial charge on any atom is -0.337 e. The van der Waals surface area contributed by atoms with Gasteiger partial charge in [-0.2, -0.15) is 0 Å². The summed E-state index contributed by atoms with van der Waals surface area (Å²) in [4.78, 5) is 22.0. The lowest BCUT2D eigenvalue weighted by molar-refractivity contribution is 0.0585. The standard InChI is InChI=1S/C18H28N4OS/c23-18(16-13-24-17(20-16)15-5-4-8-19-15)22-11-6-14(7-12-22)21-9-2-1-3-10-21/h13-15,19H,1-12H2. The number of likely N-dealkylation sites (tertiary alicyclic amines) is 2. The average Bonchev–Trinajstić information content (AvgIpc) is 3.33. The summed E-state index contributed by atoms with van der Waals surface area (Å²) in [6.07, 6.45) is 8.65. The number of carbonyl (C=O) groups excluding carboxylic acids is 1. The van der Waals surface area contributed by atoms with Gasteiger partial charge in [0.2, 0.25) is 0 Å². The van der Waals surface area contributed by atoms with Crippen LogP contribution in [-0.4, -0.2) is 59.5 Å². The number of thiazole rings is 1. The topological polar surface area (TPSA) is 48.5 Å². The van der Waals surface area contributed by atoms with E-state index in [9.17, 15) is 4.79 Å². The lowest BCUT2D eigenvalue weighted by atomic mass is 10.00. The van der Waals surface area contributed by atoms with E-state index in [1.165, 1.54) is 38.8 Å². The van der Waals surface area contributed by atoms with Crippen molar-refractivity contribution < 1.29 is 4.79 Å². The Morgan fingerprint density at radius 3 is 2.58 bits per heavy atom. The Morgan fingerprint density at radius 2 is 1.88 bits per heavy atom. The maximum absolute atomic E-state index is 12.7. The first-order valence-electron chi connectivity index (χ1n) is 9.53. The summed E-state index contributed by atoms with van der Waals surface area (Å²) >= 11 is 1.63. The molecule has 3 aliphatic heterocycles. The Hall–Kier alpha value is -0.980. The second-order valence-corrected chi connectivity index (χ2v) is 8.23. The number of carbonyl (C=O) groups is 1. The monoisotopic (exact) mass is 348 g/mol. The maximum atomic E-state index is 12.7. The summed E-state index contributed by atoms with van der Waals surface area (Å²) in [5.74, 6) is 0.132. The Morgan fingerprint density at radius 1 is 1.08 bits per heavy atom. The van der Waals surface area contributed by atoms with Crippen LogP contribution in [-0.2, 0) is 0 Å². The fourth-order valence-corrected chi connectivity index (χ4v) is 5.22. The van der Waals surface area contributed by atoms with Gasteiger partial charge < -0.3 is 15.1 Å². The zero-order valence-corrected chi connectivity index (χ0v) is 15.2. The third-order valence-electron chi connectivity index (χ3n) is 5.76. The zero-order chi connectivity index (χ0) is 16.4. The lowest BCUT2D eigenvalue weighted by Gasteiger charge is -2.40. The second-order valence-electron chi connectivity index (χ2n) is 7.34. The zero-order valence-electron chi connectivity index (χ0n) is 14.4. The van der Waals surface area contributed by atoms with Crippen LogP contribution in [0.25, 0.3) is 0 Å². The van der Waals surface area contributed by atoms with Crippen molar-refractivity contribution in [3.63, 3.8) is 0 Å². The Balaban J connectivity index is 1.32. The van der Waals surface area contributed by atoms with Crippen LogP contribution in [0.1, 0.15) is 66.5 Å². The number of nitrogens with zero attached hydrogens (tertiary/aromatic N) is 3. The Bertz CT molecular complexity index is 555. The molecular weight excluding hydrogens is 320 g/mol. The van der Waals surface area contributed by atoms with Gasteiger partial charge in [-0.05, 0) is 58.2 Å². The van der Waals surface area contributed by atoms with Gasteiger partial charge in [0.25, 0.3) is 5.91 Å². The summed E-state index contributed by atoms with van der Waals surface area (Å²) in [6.45, 7) is 5.34. The van der Waals surface area contributed by atoms with Crippen molar-refractivity contribution in [2.24, 2.45) is 0 Å². The normalized spacial score (nSPS) is 26.8. The van der Waals surface area contributed by atoms with E-state index in [-0.39, 0.29) is 5.91 Å². The quantitative estimate of drug-likeness (QED) is 0.912. The van der Waals surface area contributed by atoms with Gasteiger partial charge in [0.1, 0.15) is 10.7 Å². The van der Waals surface area contributed by atoms with E-state index in [4.69, 9.17) is 0 Å². The number of nitrogens with one attached hydrogen (secondary N) is 1. The van der Waals surface area contributed by atoms with E-state index in [2.05, 4.69) is 15.2 Å². The molecule has 0 saturated carbocycles. The summed E-state index contributed by atoms with van der Waals surface area (Å²) in [6, 6.07) is 1.05.